The molecule has 0 saturated carbocycles. The van der Waals surface area contributed by atoms with Crippen LogP contribution >= 0.6 is 11.6 Å². The summed E-state index contributed by atoms with van der Waals surface area (Å²) in [5, 5.41) is 11.5. The first kappa shape index (κ1) is 13.4. The molecule has 4 nitrogen and oxygen atoms in total. The van der Waals surface area contributed by atoms with Gasteiger partial charge in [0.25, 0.3) is 5.69 Å². The topological polar surface area (TPSA) is 46.4 Å². The van der Waals surface area contributed by atoms with Crippen molar-refractivity contribution < 1.29 is 4.92 Å². The quantitative estimate of drug-likeness (QED) is 0.614. The molecule has 0 amide bonds. The van der Waals surface area contributed by atoms with Gasteiger partial charge in [0.05, 0.1) is 4.92 Å². The molecule has 0 fully saturated rings. The summed E-state index contributed by atoms with van der Waals surface area (Å²) in [5.41, 5.74) is 1.47. The molecular weight excluding hydrogens is 264 g/mol. The number of hydrogen-bond donors (Lipinski definition) is 0. The smallest absolute Gasteiger partial charge is 0.294 e. The van der Waals surface area contributed by atoms with Gasteiger partial charge in [-0.3, -0.25) is 10.1 Å². The SMILES string of the molecule is CCN(c1ccccc1)c1ccc(Cl)cc1[N+](=O)[O-]. The van der Waals surface area contributed by atoms with Crippen LogP contribution in [0.1, 0.15) is 6.92 Å². The zero-order chi connectivity index (χ0) is 13.8. The first-order valence-electron chi connectivity index (χ1n) is 5.90. The van der Waals surface area contributed by atoms with Crippen LogP contribution in [-0.4, -0.2) is 11.5 Å². The molecule has 0 aliphatic heterocycles. The minimum atomic E-state index is -0.410. The van der Waals surface area contributed by atoms with Crippen LogP contribution in [-0.2, 0) is 0 Å². The van der Waals surface area contributed by atoms with Gasteiger partial charge in [-0.2, -0.15) is 0 Å². The van der Waals surface area contributed by atoms with Crippen LogP contribution in [0.4, 0.5) is 17.1 Å². The molecule has 0 aromatic heterocycles. The Balaban J connectivity index is 2.53. The van der Waals surface area contributed by atoms with E-state index in [0.29, 0.717) is 17.3 Å². The highest BCUT2D eigenvalue weighted by molar-refractivity contribution is 6.30. The molecule has 0 bridgehead atoms. The Bertz CT molecular complexity index is 587. The number of nitrogens with zero attached hydrogens (tertiary/aromatic N) is 2. The predicted octanol–water partition coefficient (Wildman–Crippen LogP) is 4.41. The van der Waals surface area contributed by atoms with Crippen LogP contribution < -0.4 is 4.90 Å². The molecule has 19 heavy (non-hydrogen) atoms. The Morgan fingerprint density at radius 1 is 1.21 bits per heavy atom. The van der Waals surface area contributed by atoms with Gasteiger partial charge in [0, 0.05) is 23.3 Å². The fourth-order valence-electron chi connectivity index (χ4n) is 1.97. The van der Waals surface area contributed by atoms with Gasteiger partial charge in [-0.15, -0.1) is 0 Å². The number of nitro groups is 1. The van der Waals surface area contributed by atoms with Crippen LogP contribution in [0.25, 0.3) is 0 Å². The minimum absolute atomic E-state index is 0.0122. The van der Waals surface area contributed by atoms with Crippen LogP contribution in [0.5, 0.6) is 0 Å². The zero-order valence-electron chi connectivity index (χ0n) is 10.4. The summed E-state index contributed by atoms with van der Waals surface area (Å²) in [6, 6.07) is 14.3. The molecular formula is C14H13ClN2O2. The lowest BCUT2D eigenvalue weighted by Crippen LogP contribution is -2.17. The molecule has 98 valence electrons. The molecule has 0 radical (unpaired) electrons. The van der Waals surface area contributed by atoms with Crippen molar-refractivity contribution in [3.05, 3.63) is 63.7 Å². The van der Waals surface area contributed by atoms with E-state index in [1.54, 1.807) is 12.1 Å². The number of nitro benzene ring substituents is 1. The van der Waals surface area contributed by atoms with Gasteiger partial charge >= 0.3 is 0 Å². The molecule has 2 aromatic rings. The Labute approximate surface area is 116 Å². The van der Waals surface area contributed by atoms with Gasteiger partial charge in [0.1, 0.15) is 5.69 Å². The van der Waals surface area contributed by atoms with Crippen molar-refractivity contribution in [2.75, 3.05) is 11.4 Å². The van der Waals surface area contributed by atoms with Crippen molar-refractivity contribution in [3.63, 3.8) is 0 Å². The monoisotopic (exact) mass is 276 g/mol. The molecule has 0 aliphatic carbocycles. The second-order valence-electron chi connectivity index (χ2n) is 3.97. The lowest BCUT2D eigenvalue weighted by molar-refractivity contribution is -0.384. The fourth-order valence-corrected chi connectivity index (χ4v) is 2.14. The molecule has 0 spiro atoms. The van der Waals surface area contributed by atoms with E-state index in [2.05, 4.69) is 0 Å². The molecule has 0 atom stereocenters. The third kappa shape index (κ3) is 2.85. The molecule has 5 heteroatoms. The van der Waals surface area contributed by atoms with Crippen LogP contribution in [0.15, 0.2) is 48.5 Å². The zero-order valence-corrected chi connectivity index (χ0v) is 11.2. The van der Waals surface area contributed by atoms with Gasteiger partial charge in [0.2, 0.25) is 0 Å². The van der Waals surface area contributed by atoms with E-state index in [-0.39, 0.29) is 5.69 Å². The van der Waals surface area contributed by atoms with Gasteiger partial charge in [-0.05, 0) is 31.2 Å². The number of para-hydroxylation sites is 1. The normalized spacial score (nSPS) is 10.2. The van der Waals surface area contributed by atoms with Crippen molar-refractivity contribution >= 4 is 28.7 Å². The fraction of sp³-hybridized carbons (Fsp3) is 0.143. The lowest BCUT2D eigenvalue weighted by Gasteiger charge is -2.23. The molecule has 0 N–H and O–H groups in total. The average Bonchev–Trinajstić information content (AvgIpc) is 2.42. The van der Waals surface area contributed by atoms with E-state index in [4.69, 9.17) is 11.6 Å². The Kier molecular flexibility index (Phi) is 4.02. The number of benzene rings is 2. The molecule has 0 unspecified atom stereocenters. The summed E-state index contributed by atoms with van der Waals surface area (Å²) in [6.45, 7) is 2.58. The first-order valence-corrected chi connectivity index (χ1v) is 6.27. The number of hydrogen-bond acceptors (Lipinski definition) is 3. The molecule has 2 aromatic carbocycles. The molecule has 0 saturated heterocycles. The average molecular weight is 277 g/mol. The highest BCUT2D eigenvalue weighted by Gasteiger charge is 2.19. The number of rotatable bonds is 4. The summed E-state index contributed by atoms with van der Waals surface area (Å²) in [4.78, 5) is 12.6. The maximum absolute atomic E-state index is 11.1. The van der Waals surface area contributed by atoms with Crippen molar-refractivity contribution in [2.24, 2.45) is 0 Å². The van der Waals surface area contributed by atoms with Gasteiger partial charge in [-0.1, -0.05) is 29.8 Å². The summed E-state index contributed by atoms with van der Waals surface area (Å²) in [6.07, 6.45) is 0. The van der Waals surface area contributed by atoms with E-state index in [0.717, 1.165) is 5.69 Å². The van der Waals surface area contributed by atoms with E-state index in [1.807, 2.05) is 42.2 Å². The van der Waals surface area contributed by atoms with E-state index >= 15 is 0 Å². The standard InChI is InChI=1S/C14H13ClN2O2/c1-2-16(12-6-4-3-5-7-12)13-9-8-11(15)10-14(13)17(18)19/h3-10H,2H2,1H3. The number of halogens is 1. The Morgan fingerprint density at radius 3 is 2.47 bits per heavy atom. The maximum Gasteiger partial charge on any atom is 0.294 e. The second-order valence-corrected chi connectivity index (χ2v) is 4.41. The summed E-state index contributed by atoms with van der Waals surface area (Å²) in [7, 11) is 0. The van der Waals surface area contributed by atoms with Gasteiger partial charge in [-0.25, -0.2) is 0 Å². The third-order valence-electron chi connectivity index (χ3n) is 2.81. The number of anilines is 2. The van der Waals surface area contributed by atoms with E-state index in [9.17, 15) is 10.1 Å². The van der Waals surface area contributed by atoms with Gasteiger partial charge < -0.3 is 4.90 Å². The Morgan fingerprint density at radius 2 is 1.89 bits per heavy atom. The minimum Gasteiger partial charge on any atom is -0.336 e. The van der Waals surface area contributed by atoms with Crippen LogP contribution in [0.2, 0.25) is 5.02 Å². The lowest BCUT2D eigenvalue weighted by atomic mass is 10.2. The van der Waals surface area contributed by atoms with Crippen molar-refractivity contribution in [2.45, 2.75) is 6.92 Å². The summed E-state index contributed by atoms with van der Waals surface area (Å²) < 4.78 is 0. The predicted molar refractivity (Wildman–Crippen MR) is 77.2 cm³/mol. The first-order chi connectivity index (χ1) is 9.13. The summed E-state index contributed by atoms with van der Waals surface area (Å²) in [5.74, 6) is 0. The van der Waals surface area contributed by atoms with Crippen LogP contribution in [0.3, 0.4) is 0 Å². The van der Waals surface area contributed by atoms with Crippen molar-refractivity contribution in [3.8, 4) is 0 Å². The van der Waals surface area contributed by atoms with Crippen LogP contribution in [0, 0.1) is 10.1 Å². The molecule has 2 rings (SSSR count). The van der Waals surface area contributed by atoms with E-state index in [1.165, 1.54) is 6.07 Å². The third-order valence-corrected chi connectivity index (χ3v) is 3.04. The maximum atomic E-state index is 11.1. The summed E-state index contributed by atoms with van der Waals surface area (Å²) >= 11 is 5.83. The Hall–Kier alpha value is -2.07. The van der Waals surface area contributed by atoms with Gasteiger partial charge in [0.15, 0.2) is 0 Å². The molecule has 0 heterocycles. The van der Waals surface area contributed by atoms with E-state index < -0.39 is 4.92 Å². The largest absolute Gasteiger partial charge is 0.336 e. The molecule has 0 aliphatic rings. The highest BCUT2D eigenvalue weighted by Crippen LogP contribution is 2.35. The van der Waals surface area contributed by atoms with Crippen molar-refractivity contribution in [1.82, 2.24) is 0 Å². The van der Waals surface area contributed by atoms with Crippen molar-refractivity contribution in [1.29, 1.82) is 0 Å². The second kappa shape index (κ2) is 5.71. The highest BCUT2D eigenvalue weighted by atomic mass is 35.5.